The summed E-state index contributed by atoms with van der Waals surface area (Å²) in [6.07, 6.45) is -1.15. The maximum absolute atomic E-state index is 10.5. The molecular weight excluding hydrogens is 212 g/mol. The molecule has 0 aromatic heterocycles. The van der Waals surface area contributed by atoms with Gasteiger partial charge in [-0.2, -0.15) is 0 Å². The summed E-state index contributed by atoms with van der Waals surface area (Å²) >= 11 is 5.58. The van der Waals surface area contributed by atoms with E-state index in [9.17, 15) is 14.9 Å². The number of benzene rings is 1. The lowest BCUT2D eigenvalue weighted by Gasteiger charge is -2.03. The van der Waals surface area contributed by atoms with E-state index < -0.39 is 16.7 Å². The van der Waals surface area contributed by atoms with Gasteiger partial charge >= 0.3 is 11.8 Å². The van der Waals surface area contributed by atoms with E-state index in [-0.39, 0.29) is 10.8 Å². The molecule has 1 amide bonds. The molecule has 1 aromatic rings. The average Bonchev–Trinajstić information content (AvgIpc) is 2.07. The van der Waals surface area contributed by atoms with Crippen LogP contribution < -0.4 is 10.5 Å². The van der Waals surface area contributed by atoms with Crippen LogP contribution in [0, 0.1) is 10.1 Å². The number of nitrogens with zero attached hydrogens (tertiary/aromatic N) is 1. The third kappa shape index (κ3) is 2.11. The Kier molecular flexibility index (Phi) is 2.88. The van der Waals surface area contributed by atoms with Crippen LogP contribution >= 0.6 is 11.6 Å². The molecule has 0 aliphatic carbocycles. The van der Waals surface area contributed by atoms with Crippen molar-refractivity contribution < 1.29 is 14.5 Å². The molecule has 74 valence electrons. The normalized spacial score (nSPS) is 9.50. The smallest absolute Gasteiger partial charge is 0.401 e. The summed E-state index contributed by atoms with van der Waals surface area (Å²) in [7, 11) is 0. The first-order chi connectivity index (χ1) is 6.52. The van der Waals surface area contributed by atoms with Crippen LogP contribution in [0.2, 0.25) is 5.02 Å². The summed E-state index contributed by atoms with van der Waals surface area (Å²) in [5.74, 6) is -0.341. The number of carbonyl (C=O) groups excluding carboxylic acids is 1. The molecule has 0 radical (unpaired) electrons. The highest BCUT2D eigenvalue weighted by Gasteiger charge is 2.19. The minimum Gasteiger partial charge on any atom is -0.401 e. The molecule has 0 spiro atoms. The lowest BCUT2D eigenvalue weighted by atomic mass is 10.3. The minimum absolute atomic E-state index is 0.0435. The minimum atomic E-state index is -1.15. The maximum atomic E-state index is 10.5. The molecule has 0 unspecified atom stereocenters. The molecule has 7 heteroatoms. The Balaban J connectivity index is 3.22. The van der Waals surface area contributed by atoms with Crippen LogP contribution in [0.25, 0.3) is 0 Å². The molecule has 0 aliphatic heterocycles. The van der Waals surface area contributed by atoms with Crippen LogP contribution in [0.1, 0.15) is 0 Å². The number of halogens is 1. The number of para-hydroxylation sites is 1. The van der Waals surface area contributed by atoms with Crippen molar-refractivity contribution in [1.29, 1.82) is 0 Å². The first kappa shape index (κ1) is 10.3. The second-order valence-electron chi connectivity index (χ2n) is 2.27. The summed E-state index contributed by atoms with van der Waals surface area (Å²) in [5, 5.41) is 10.4. The van der Waals surface area contributed by atoms with Gasteiger partial charge in [0, 0.05) is 6.07 Å². The molecule has 2 N–H and O–H groups in total. The van der Waals surface area contributed by atoms with Gasteiger partial charge in [-0.1, -0.05) is 17.7 Å². The van der Waals surface area contributed by atoms with Crippen LogP contribution in [0.5, 0.6) is 5.75 Å². The van der Waals surface area contributed by atoms with Gasteiger partial charge in [0.05, 0.1) is 9.95 Å². The van der Waals surface area contributed by atoms with Crippen LogP contribution in [0.15, 0.2) is 18.2 Å². The molecular formula is C7H5ClN2O4. The van der Waals surface area contributed by atoms with Crippen molar-refractivity contribution in [2.24, 2.45) is 5.73 Å². The van der Waals surface area contributed by atoms with E-state index >= 15 is 0 Å². The van der Waals surface area contributed by atoms with Gasteiger partial charge in [-0.3, -0.25) is 10.1 Å². The van der Waals surface area contributed by atoms with E-state index in [1.807, 2.05) is 0 Å². The first-order valence-corrected chi connectivity index (χ1v) is 3.80. The fraction of sp³-hybridized carbons (Fsp3) is 0. The van der Waals surface area contributed by atoms with E-state index in [1.165, 1.54) is 12.1 Å². The van der Waals surface area contributed by atoms with Crippen molar-refractivity contribution in [3.05, 3.63) is 33.3 Å². The molecule has 0 heterocycles. The molecule has 14 heavy (non-hydrogen) atoms. The van der Waals surface area contributed by atoms with Crippen molar-refractivity contribution in [1.82, 2.24) is 0 Å². The molecule has 0 aliphatic rings. The number of nitro groups is 1. The Morgan fingerprint density at radius 2 is 2.21 bits per heavy atom. The third-order valence-corrected chi connectivity index (χ3v) is 1.64. The van der Waals surface area contributed by atoms with Gasteiger partial charge in [0.1, 0.15) is 0 Å². The predicted molar refractivity (Wildman–Crippen MR) is 48.3 cm³/mol. The summed E-state index contributed by atoms with van der Waals surface area (Å²) in [6, 6.07) is 3.88. The Morgan fingerprint density at radius 1 is 1.57 bits per heavy atom. The van der Waals surface area contributed by atoms with Gasteiger partial charge in [0.15, 0.2) is 0 Å². The summed E-state index contributed by atoms with van der Waals surface area (Å²) in [4.78, 5) is 20.2. The molecule has 0 bridgehead atoms. The van der Waals surface area contributed by atoms with E-state index in [0.29, 0.717) is 0 Å². The zero-order chi connectivity index (χ0) is 10.7. The zero-order valence-electron chi connectivity index (χ0n) is 6.77. The monoisotopic (exact) mass is 216 g/mol. The summed E-state index contributed by atoms with van der Waals surface area (Å²) < 4.78 is 4.40. The number of hydrogen-bond donors (Lipinski definition) is 1. The van der Waals surface area contributed by atoms with Crippen LogP contribution in [0.3, 0.4) is 0 Å². The first-order valence-electron chi connectivity index (χ1n) is 3.42. The summed E-state index contributed by atoms with van der Waals surface area (Å²) in [5.41, 5.74) is 4.31. The number of nitro benzene ring substituents is 1. The number of rotatable bonds is 2. The fourth-order valence-electron chi connectivity index (χ4n) is 0.843. The number of amides is 1. The molecule has 1 aromatic carbocycles. The topological polar surface area (TPSA) is 95.5 Å². The Hall–Kier alpha value is -1.82. The fourth-order valence-corrected chi connectivity index (χ4v) is 1.05. The van der Waals surface area contributed by atoms with Gasteiger partial charge in [-0.25, -0.2) is 4.79 Å². The van der Waals surface area contributed by atoms with E-state index in [2.05, 4.69) is 4.74 Å². The highest BCUT2D eigenvalue weighted by Crippen LogP contribution is 2.34. The maximum Gasteiger partial charge on any atom is 0.410 e. The van der Waals surface area contributed by atoms with E-state index in [4.69, 9.17) is 17.3 Å². The Morgan fingerprint density at radius 3 is 2.71 bits per heavy atom. The SMILES string of the molecule is NC(=O)Oc1c(Cl)cccc1[N+](=O)[O-]. The van der Waals surface area contributed by atoms with Gasteiger partial charge in [0.2, 0.25) is 5.75 Å². The number of ether oxygens (including phenoxy) is 1. The van der Waals surface area contributed by atoms with Crippen LogP contribution in [-0.2, 0) is 0 Å². The van der Waals surface area contributed by atoms with Gasteiger partial charge in [-0.05, 0) is 6.07 Å². The molecule has 0 saturated heterocycles. The summed E-state index contributed by atoms with van der Waals surface area (Å²) in [6.45, 7) is 0. The molecule has 1 rings (SSSR count). The standard InChI is InChI=1S/C7H5ClN2O4/c8-4-2-1-3-5(10(12)13)6(4)14-7(9)11/h1-3H,(H2,9,11). The van der Waals surface area contributed by atoms with Crippen LogP contribution in [0.4, 0.5) is 10.5 Å². The number of primary amides is 1. The van der Waals surface area contributed by atoms with Crippen molar-refractivity contribution in [3.63, 3.8) is 0 Å². The average molecular weight is 217 g/mol. The predicted octanol–water partition coefficient (Wildman–Crippen LogP) is 1.71. The largest absolute Gasteiger partial charge is 0.410 e. The highest BCUT2D eigenvalue weighted by molar-refractivity contribution is 6.32. The molecule has 0 saturated carbocycles. The van der Waals surface area contributed by atoms with Crippen molar-refractivity contribution in [2.75, 3.05) is 0 Å². The van der Waals surface area contributed by atoms with Crippen LogP contribution in [-0.4, -0.2) is 11.0 Å². The van der Waals surface area contributed by atoms with Gasteiger partial charge < -0.3 is 10.5 Å². The Bertz CT molecular complexity index is 393. The second-order valence-corrected chi connectivity index (χ2v) is 2.67. The second kappa shape index (κ2) is 3.93. The van der Waals surface area contributed by atoms with Gasteiger partial charge in [0.25, 0.3) is 0 Å². The van der Waals surface area contributed by atoms with Gasteiger partial charge in [-0.15, -0.1) is 0 Å². The highest BCUT2D eigenvalue weighted by atomic mass is 35.5. The number of nitrogens with two attached hydrogens (primary N) is 1. The number of hydrogen-bond acceptors (Lipinski definition) is 4. The van der Waals surface area contributed by atoms with Crippen molar-refractivity contribution >= 4 is 23.4 Å². The molecule has 6 nitrogen and oxygen atoms in total. The van der Waals surface area contributed by atoms with Crippen molar-refractivity contribution in [3.8, 4) is 5.75 Å². The van der Waals surface area contributed by atoms with Crippen molar-refractivity contribution in [2.45, 2.75) is 0 Å². The van der Waals surface area contributed by atoms with E-state index in [0.717, 1.165) is 6.07 Å². The molecule has 0 fully saturated rings. The lowest BCUT2D eigenvalue weighted by molar-refractivity contribution is -0.385. The lowest BCUT2D eigenvalue weighted by Crippen LogP contribution is -2.17. The van der Waals surface area contributed by atoms with E-state index in [1.54, 1.807) is 0 Å². The zero-order valence-corrected chi connectivity index (χ0v) is 7.52. The third-order valence-electron chi connectivity index (χ3n) is 1.35. The molecule has 0 atom stereocenters. The Labute approximate surface area is 83.4 Å². The quantitative estimate of drug-likeness (QED) is 0.601. The number of carbonyl (C=O) groups is 1.